The van der Waals surface area contributed by atoms with E-state index in [2.05, 4.69) is 26.8 Å². The highest BCUT2D eigenvalue weighted by Gasteiger charge is 2.59. The van der Waals surface area contributed by atoms with E-state index in [0.717, 1.165) is 0 Å². The van der Waals surface area contributed by atoms with Crippen LogP contribution in [-0.4, -0.2) is 35.0 Å². The second-order valence-electron chi connectivity index (χ2n) is 8.18. The maximum atomic E-state index is 13.2. The summed E-state index contributed by atoms with van der Waals surface area (Å²) in [6.07, 6.45) is 5.85. The Labute approximate surface area is 159 Å². The molecule has 1 aliphatic heterocycles. The number of ketones is 2. The van der Waals surface area contributed by atoms with Gasteiger partial charge in [-0.2, -0.15) is 0 Å². The van der Waals surface area contributed by atoms with Gasteiger partial charge in [-0.05, 0) is 32.1 Å². The summed E-state index contributed by atoms with van der Waals surface area (Å²) >= 11 is 0. The first-order valence-electron chi connectivity index (χ1n) is 10.1. The molecule has 0 radical (unpaired) electrons. The first-order valence-corrected chi connectivity index (χ1v) is 10.1. The summed E-state index contributed by atoms with van der Waals surface area (Å²) in [7, 11) is 0. The van der Waals surface area contributed by atoms with Crippen LogP contribution < -0.4 is 0 Å². The van der Waals surface area contributed by atoms with E-state index < -0.39 is 5.92 Å². The topological polar surface area (TPSA) is 66.9 Å². The zero-order chi connectivity index (χ0) is 20.1. The molecule has 1 fully saturated rings. The molecule has 7 atom stereocenters. The summed E-state index contributed by atoms with van der Waals surface area (Å²) in [4.78, 5) is 25.0. The molecule has 1 N–H and O–H groups in total. The molecule has 1 rings (SSSR count). The number of hydrogen-bond acceptors (Lipinski definition) is 4. The molecule has 0 aromatic carbocycles. The van der Waals surface area contributed by atoms with Gasteiger partial charge >= 0.3 is 0 Å². The molecule has 0 spiro atoms. The highest BCUT2D eigenvalue weighted by Crippen LogP contribution is 2.50. The number of carbonyl (C=O) groups excluding carboxylic acids is 2. The van der Waals surface area contributed by atoms with Crippen molar-refractivity contribution in [1.82, 2.24) is 0 Å². The molecule has 1 aliphatic rings. The second-order valence-corrected chi connectivity index (χ2v) is 8.18. The first-order chi connectivity index (χ1) is 12.2. The third-order valence-corrected chi connectivity index (χ3v) is 6.37. The minimum atomic E-state index is -0.480. The molecule has 0 aliphatic carbocycles. The molecule has 26 heavy (non-hydrogen) atoms. The Morgan fingerprint density at radius 3 is 2.27 bits per heavy atom. The number of allylic oxidation sites excluding steroid dienone is 1. The standard InChI is InChI=1S/C22H38O4/c1-8-11-14(4)21-22(7,26-21)16(6)18(10-3)20(25)19(13-23)15(5)12-17(24)9-2/h8,11,14-16,18-19,21,23H,9-10,12-13H2,1-7H3/t14?,15?,16?,18-,19?,21?,22?/m1/s1. The lowest BCUT2D eigenvalue weighted by atomic mass is 9.71. The third kappa shape index (κ3) is 5.04. The molecule has 0 aromatic rings. The molecular formula is C22H38O4. The van der Waals surface area contributed by atoms with Crippen LogP contribution in [0.2, 0.25) is 0 Å². The summed E-state index contributed by atoms with van der Waals surface area (Å²) in [5.74, 6) is -0.177. The van der Waals surface area contributed by atoms with Gasteiger partial charge in [0.2, 0.25) is 0 Å². The number of Topliss-reactive ketones (excluding diaryl/α,β-unsaturated/α-hetero) is 2. The molecule has 4 heteroatoms. The molecular weight excluding hydrogens is 328 g/mol. The highest BCUT2D eigenvalue weighted by atomic mass is 16.6. The van der Waals surface area contributed by atoms with Crippen LogP contribution in [-0.2, 0) is 14.3 Å². The number of ether oxygens (including phenoxy) is 1. The van der Waals surface area contributed by atoms with E-state index in [-0.39, 0.29) is 47.6 Å². The van der Waals surface area contributed by atoms with Crippen molar-refractivity contribution >= 4 is 11.6 Å². The Kier molecular flexibility index (Phi) is 8.68. The average molecular weight is 367 g/mol. The van der Waals surface area contributed by atoms with Gasteiger partial charge in [0.1, 0.15) is 11.6 Å². The number of epoxide rings is 1. The molecule has 1 saturated heterocycles. The van der Waals surface area contributed by atoms with Gasteiger partial charge < -0.3 is 9.84 Å². The van der Waals surface area contributed by atoms with Gasteiger partial charge in [-0.1, -0.05) is 46.8 Å². The fourth-order valence-corrected chi connectivity index (χ4v) is 4.31. The molecule has 1 heterocycles. The monoisotopic (exact) mass is 366 g/mol. The number of hydrogen-bond donors (Lipinski definition) is 1. The largest absolute Gasteiger partial charge is 0.396 e. The molecule has 0 aromatic heterocycles. The minimum absolute atomic E-state index is 0.0702. The van der Waals surface area contributed by atoms with Crippen LogP contribution in [0, 0.1) is 29.6 Å². The molecule has 0 bridgehead atoms. The normalized spacial score (nSPS) is 28.4. The van der Waals surface area contributed by atoms with Crippen LogP contribution in [0.5, 0.6) is 0 Å². The maximum absolute atomic E-state index is 13.2. The number of aliphatic hydroxyl groups excluding tert-OH is 1. The summed E-state index contributed by atoms with van der Waals surface area (Å²) in [6.45, 7) is 13.9. The van der Waals surface area contributed by atoms with Gasteiger partial charge in [0, 0.05) is 30.6 Å². The molecule has 150 valence electrons. The maximum Gasteiger partial charge on any atom is 0.141 e. The average Bonchev–Trinajstić information content (AvgIpc) is 3.29. The summed E-state index contributed by atoms with van der Waals surface area (Å²) in [6, 6.07) is 0. The van der Waals surface area contributed by atoms with E-state index in [1.165, 1.54) is 0 Å². The van der Waals surface area contributed by atoms with E-state index >= 15 is 0 Å². The zero-order valence-electron chi connectivity index (χ0n) is 17.6. The van der Waals surface area contributed by atoms with Gasteiger partial charge in [-0.25, -0.2) is 0 Å². The second kappa shape index (κ2) is 9.80. The lowest BCUT2D eigenvalue weighted by Gasteiger charge is -2.31. The van der Waals surface area contributed by atoms with E-state index in [9.17, 15) is 14.7 Å². The predicted octanol–water partition coefficient (Wildman–Crippen LogP) is 4.20. The fraction of sp³-hybridized carbons (Fsp3) is 0.818. The van der Waals surface area contributed by atoms with Crippen molar-refractivity contribution in [3.8, 4) is 0 Å². The van der Waals surface area contributed by atoms with Crippen molar-refractivity contribution < 1.29 is 19.4 Å². The fourth-order valence-electron chi connectivity index (χ4n) is 4.31. The van der Waals surface area contributed by atoms with Gasteiger partial charge in [0.25, 0.3) is 0 Å². The molecule has 0 amide bonds. The van der Waals surface area contributed by atoms with Gasteiger partial charge in [0.15, 0.2) is 0 Å². The molecule has 0 saturated carbocycles. The Balaban J connectivity index is 2.88. The number of rotatable bonds is 12. The zero-order valence-corrected chi connectivity index (χ0v) is 17.6. The van der Waals surface area contributed by atoms with E-state index in [4.69, 9.17) is 4.74 Å². The van der Waals surface area contributed by atoms with Crippen molar-refractivity contribution in [1.29, 1.82) is 0 Å². The summed E-state index contributed by atoms with van der Waals surface area (Å²) in [5.41, 5.74) is -0.308. The van der Waals surface area contributed by atoms with Gasteiger partial charge in [-0.3, -0.25) is 9.59 Å². The van der Waals surface area contributed by atoms with E-state index in [1.807, 2.05) is 33.8 Å². The van der Waals surface area contributed by atoms with E-state index in [0.29, 0.717) is 25.2 Å². The predicted molar refractivity (Wildman–Crippen MR) is 105 cm³/mol. The van der Waals surface area contributed by atoms with Crippen LogP contribution in [0.15, 0.2) is 12.2 Å². The molecule has 6 unspecified atom stereocenters. The Hall–Kier alpha value is -1.00. The Morgan fingerprint density at radius 2 is 1.81 bits per heavy atom. The van der Waals surface area contributed by atoms with Crippen molar-refractivity contribution in [3.05, 3.63) is 12.2 Å². The highest BCUT2D eigenvalue weighted by molar-refractivity contribution is 5.85. The van der Waals surface area contributed by atoms with Crippen LogP contribution >= 0.6 is 0 Å². The SMILES string of the molecule is CC=CC(C)C1OC1(C)C(C)[C@@H](CC)C(=O)C(CO)C(C)CC(=O)CC. The smallest absolute Gasteiger partial charge is 0.141 e. The summed E-state index contributed by atoms with van der Waals surface area (Å²) < 4.78 is 6.05. The van der Waals surface area contributed by atoms with Crippen molar-refractivity contribution in [2.24, 2.45) is 29.6 Å². The van der Waals surface area contributed by atoms with Crippen molar-refractivity contribution in [3.63, 3.8) is 0 Å². The van der Waals surface area contributed by atoms with Crippen molar-refractivity contribution in [2.45, 2.75) is 79.4 Å². The van der Waals surface area contributed by atoms with Crippen LogP contribution in [0.4, 0.5) is 0 Å². The van der Waals surface area contributed by atoms with E-state index in [1.54, 1.807) is 0 Å². The lowest BCUT2D eigenvalue weighted by Crippen LogP contribution is -2.39. The van der Waals surface area contributed by atoms with Crippen molar-refractivity contribution in [2.75, 3.05) is 6.61 Å². The van der Waals surface area contributed by atoms with Gasteiger partial charge in [0.05, 0.1) is 18.3 Å². The van der Waals surface area contributed by atoms with Crippen LogP contribution in [0.25, 0.3) is 0 Å². The number of carbonyl (C=O) groups is 2. The molecule has 4 nitrogen and oxygen atoms in total. The van der Waals surface area contributed by atoms with Gasteiger partial charge in [-0.15, -0.1) is 0 Å². The lowest BCUT2D eigenvalue weighted by molar-refractivity contribution is -0.133. The van der Waals surface area contributed by atoms with Crippen LogP contribution in [0.3, 0.4) is 0 Å². The van der Waals surface area contributed by atoms with Crippen LogP contribution in [0.1, 0.15) is 67.7 Å². The minimum Gasteiger partial charge on any atom is -0.396 e. The third-order valence-electron chi connectivity index (χ3n) is 6.37. The quantitative estimate of drug-likeness (QED) is 0.415. The Bertz CT molecular complexity index is 512. The first kappa shape index (κ1) is 23.0. The summed E-state index contributed by atoms with van der Waals surface area (Å²) in [5, 5.41) is 9.83. The Morgan fingerprint density at radius 1 is 1.19 bits per heavy atom. The number of aliphatic hydroxyl groups is 1.